The Kier molecular flexibility index (Phi) is 15.8. The number of rotatable bonds is 11. The molecule has 6 heterocycles. The van der Waals surface area contributed by atoms with Crippen LogP contribution in [0.15, 0.2) is 358 Å². The van der Waals surface area contributed by atoms with Gasteiger partial charge in [-0.05, 0) is 160 Å². The summed E-state index contributed by atoms with van der Waals surface area (Å²) in [5, 5.41) is 0. The molecule has 2 aliphatic heterocycles. The van der Waals surface area contributed by atoms with E-state index in [1.54, 1.807) is 0 Å². The van der Waals surface area contributed by atoms with Gasteiger partial charge in [0, 0.05) is 101 Å². The van der Waals surface area contributed by atoms with Crippen molar-refractivity contribution in [2.75, 3.05) is 0 Å². The molecule has 0 N–H and O–H groups in total. The van der Waals surface area contributed by atoms with E-state index in [-0.39, 0.29) is 0 Å². The third kappa shape index (κ3) is 10.8. The van der Waals surface area contributed by atoms with E-state index in [2.05, 4.69) is 341 Å². The zero-order chi connectivity index (χ0) is 77.3. The predicted octanol–water partition coefficient (Wildman–Crippen LogP) is 26.0. The summed E-state index contributed by atoms with van der Waals surface area (Å²) in [6.07, 6.45) is 0. The summed E-state index contributed by atoms with van der Waals surface area (Å²) in [6, 6.07) is 128. The predicted molar refractivity (Wildman–Crippen MR) is 465 cm³/mol. The van der Waals surface area contributed by atoms with Gasteiger partial charge >= 0.3 is 0 Å². The standard InChI is InChI=1S/C107H71N7O2/c1-64-39-55-80(66(3)108-64)71-45-47-72(48-46-71)87-59-79(62-95-101(87)115-98-38-21-20-36-91(98)106(95)88-33-17-14-29-82(88)83-30-15-18-34-89(83)106)105-113-103(75-49-41-69(42-50-75)68-23-8-5-9-24-68)112-104(114-105)76-51-43-70(44-52-76)77-54-58-99-94(60-77)107(92-37-22-32-86(100(92)116-99)81-56-40-65(2)109-67(81)4)90-35-19-16-31-84(90)85-57-53-78(61-93(85)107)97-63-96(73-25-10-6-11-26-73)110-102(111-97)74-27-12-7-13-28-74/h5-63H,1-4H3. The molecule has 0 radical (unpaired) electrons. The fraction of sp³-hybridized carbons (Fsp3) is 0.0561. The normalized spacial score (nSPS) is 13.9. The minimum Gasteiger partial charge on any atom is -0.456 e. The Morgan fingerprint density at radius 3 is 1.16 bits per heavy atom. The molecule has 0 amide bonds. The van der Waals surface area contributed by atoms with Gasteiger partial charge in [-0.15, -0.1) is 0 Å². The maximum absolute atomic E-state index is 7.49. The highest BCUT2D eigenvalue weighted by atomic mass is 16.5. The summed E-state index contributed by atoms with van der Waals surface area (Å²) in [5.74, 6) is 5.37. The quantitative estimate of drug-likeness (QED) is 0.125. The molecular formula is C107H71N7O2. The number of aryl methyl sites for hydroxylation is 4. The Hall–Kier alpha value is -14.9. The van der Waals surface area contributed by atoms with E-state index < -0.39 is 10.8 Å². The first-order chi connectivity index (χ1) is 57.1. The average Bonchev–Trinajstić information content (AvgIpc) is 1.51. The van der Waals surface area contributed by atoms with E-state index in [1.807, 2.05) is 44.2 Å². The number of hydrogen-bond donors (Lipinski definition) is 0. The molecule has 1 atom stereocenters. The van der Waals surface area contributed by atoms with Crippen molar-refractivity contribution in [3.8, 4) is 169 Å². The van der Waals surface area contributed by atoms with Gasteiger partial charge < -0.3 is 9.47 Å². The van der Waals surface area contributed by atoms with E-state index in [4.69, 9.17) is 44.4 Å². The zero-order valence-electron chi connectivity index (χ0n) is 64.0. The molecule has 4 aliphatic rings. The lowest BCUT2D eigenvalue weighted by atomic mass is 9.65. The smallest absolute Gasteiger partial charge is 0.164 e. The highest BCUT2D eigenvalue weighted by molar-refractivity contribution is 5.95. The van der Waals surface area contributed by atoms with Gasteiger partial charge in [-0.3, -0.25) is 9.97 Å². The monoisotopic (exact) mass is 1490 g/mol. The lowest BCUT2D eigenvalue weighted by Crippen LogP contribution is -2.32. The molecular weight excluding hydrogens is 1420 g/mol. The first-order valence-electron chi connectivity index (χ1n) is 39.5. The van der Waals surface area contributed by atoms with Crippen LogP contribution >= 0.6 is 0 Å². The van der Waals surface area contributed by atoms with E-state index in [9.17, 15) is 0 Å². The van der Waals surface area contributed by atoms with Gasteiger partial charge in [0.2, 0.25) is 0 Å². The van der Waals surface area contributed by atoms with Crippen molar-refractivity contribution < 1.29 is 9.47 Å². The second-order valence-corrected chi connectivity index (χ2v) is 30.7. The van der Waals surface area contributed by atoms with Gasteiger partial charge in [0.1, 0.15) is 23.0 Å². The van der Waals surface area contributed by atoms with E-state index in [0.717, 1.165) is 191 Å². The third-order valence-corrected chi connectivity index (χ3v) is 24.0. The van der Waals surface area contributed by atoms with Crippen LogP contribution in [-0.4, -0.2) is 34.9 Å². The molecule has 22 rings (SSSR count). The zero-order valence-corrected chi connectivity index (χ0v) is 64.0. The Balaban J connectivity index is 0.724. The molecule has 546 valence electrons. The van der Waals surface area contributed by atoms with Gasteiger partial charge in [-0.25, -0.2) is 24.9 Å². The largest absolute Gasteiger partial charge is 0.456 e. The van der Waals surface area contributed by atoms with Crippen LogP contribution in [-0.2, 0) is 10.8 Å². The van der Waals surface area contributed by atoms with Crippen molar-refractivity contribution in [2.24, 2.45) is 0 Å². The summed E-state index contributed by atoms with van der Waals surface area (Å²) in [4.78, 5) is 37.2. The van der Waals surface area contributed by atoms with Gasteiger partial charge in [-0.2, -0.15) is 0 Å². The third-order valence-electron chi connectivity index (χ3n) is 24.0. The van der Waals surface area contributed by atoms with E-state index in [0.29, 0.717) is 23.3 Å². The molecule has 0 bridgehead atoms. The van der Waals surface area contributed by atoms with Crippen molar-refractivity contribution in [1.29, 1.82) is 0 Å². The van der Waals surface area contributed by atoms with Gasteiger partial charge in [0.05, 0.1) is 22.2 Å². The molecule has 0 saturated carbocycles. The number of ether oxygens (including phenoxy) is 2. The van der Waals surface area contributed by atoms with Crippen molar-refractivity contribution in [2.45, 2.75) is 38.5 Å². The summed E-state index contributed by atoms with van der Waals surface area (Å²) < 4.78 is 14.9. The highest BCUT2D eigenvalue weighted by Gasteiger charge is 2.54. The lowest BCUT2D eigenvalue weighted by Gasteiger charge is -2.40. The fourth-order valence-corrected chi connectivity index (χ4v) is 18.7. The molecule has 4 aromatic heterocycles. The summed E-state index contributed by atoms with van der Waals surface area (Å²) in [7, 11) is 0. The summed E-state index contributed by atoms with van der Waals surface area (Å²) >= 11 is 0. The van der Waals surface area contributed by atoms with Crippen LogP contribution in [0, 0.1) is 27.7 Å². The van der Waals surface area contributed by atoms with Crippen LogP contribution in [0.4, 0.5) is 0 Å². The summed E-state index contributed by atoms with van der Waals surface area (Å²) in [6.45, 7) is 8.25. The lowest BCUT2D eigenvalue weighted by molar-refractivity contribution is 0.438. The maximum atomic E-state index is 7.49. The number of aromatic nitrogens is 7. The first-order valence-corrected chi connectivity index (χ1v) is 39.5. The molecule has 116 heavy (non-hydrogen) atoms. The number of pyridine rings is 2. The minimum absolute atomic E-state index is 0.516. The second kappa shape index (κ2) is 26.9. The van der Waals surface area contributed by atoms with E-state index >= 15 is 0 Å². The Morgan fingerprint density at radius 1 is 0.190 bits per heavy atom. The fourth-order valence-electron chi connectivity index (χ4n) is 18.7. The topological polar surface area (TPSA) is 109 Å². The van der Waals surface area contributed by atoms with Gasteiger partial charge in [0.25, 0.3) is 0 Å². The molecule has 14 aromatic carbocycles. The number of benzene rings is 14. The first kappa shape index (κ1) is 67.9. The highest BCUT2D eigenvalue weighted by Crippen LogP contribution is 2.66. The van der Waals surface area contributed by atoms with Crippen LogP contribution in [0.25, 0.3) is 146 Å². The molecule has 2 aliphatic carbocycles. The minimum atomic E-state index is -0.894. The van der Waals surface area contributed by atoms with Crippen LogP contribution < -0.4 is 9.47 Å². The van der Waals surface area contributed by atoms with Crippen molar-refractivity contribution in [3.05, 3.63) is 425 Å². The van der Waals surface area contributed by atoms with Crippen molar-refractivity contribution >= 4 is 0 Å². The Bertz CT molecular complexity index is 6940. The van der Waals surface area contributed by atoms with Crippen molar-refractivity contribution in [3.63, 3.8) is 0 Å². The molecule has 2 spiro atoms. The van der Waals surface area contributed by atoms with Crippen molar-refractivity contribution in [1.82, 2.24) is 34.9 Å². The van der Waals surface area contributed by atoms with Gasteiger partial charge in [0.15, 0.2) is 23.3 Å². The van der Waals surface area contributed by atoms with Crippen LogP contribution in [0.5, 0.6) is 23.0 Å². The van der Waals surface area contributed by atoms with Crippen LogP contribution in [0.3, 0.4) is 0 Å². The Labute approximate surface area is 672 Å². The molecule has 0 fully saturated rings. The second-order valence-electron chi connectivity index (χ2n) is 30.7. The summed E-state index contributed by atoms with van der Waals surface area (Å²) in [5.41, 5.74) is 32.9. The number of nitrogens with zero attached hydrogens (tertiary/aromatic N) is 7. The average molecular weight is 1490 g/mol. The van der Waals surface area contributed by atoms with Crippen LogP contribution in [0.1, 0.15) is 67.3 Å². The SMILES string of the molecule is Cc1ccc(-c2ccc(-c3cc(-c4nc(-c5ccc(-c6ccccc6)cc5)nc(-c5ccc(-c6ccc7c(c6)C6(c8ccccc8-c8ccc(-c9cc(-c%10ccccc%10)nc(-c%10ccccc%10)n9)cc86)c6cccc(-c8ccc(C)nc8C)c6O7)cc5)n4)cc4c3Oc3ccccc3C43c4ccccc4-c4ccccc43)cc2)c(C)n1. The Morgan fingerprint density at radius 2 is 0.560 bits per heavy atom. The van der Waals surface area contributed by atoms with Gasteiger partial charge in [-0.1, -0.05) is 303 Å². The molecule has 0 saturated heterocycles. The number of para-hydroxylation sites is 2. The number of hydrogen-bond acceptors (Lipinski definition) is 9. The van der Waals surface area contributed by atoms with Crippen LogP contribution in [0.2, 0.25) is 0 Å². The molecule has 1 unspecified atom stereocenters. The molecule has 18 aromatic rings. The maximum Gasteiger partial charge on any atom is 0.164 e. The number of fused-ring (bicyclic) bond motifs is 18. The molecule has 9 nitrogen and oxygen atoms in total. The molecule has 9 heteroatoms. The van der Waals surface area contributed by atoms with E-state index in [1.165, 1.54) is 22.3 Å².